The first kappa shape index (κ1) is 13.6. The summed E-state index contributed by atoms with van der Waals surface area (Å²) < 4.78 is 0. The van der Waals surface area contributed by atoms with E-state index in [1.54, 1.807) is 0 Å². The Hall–Kier alpha value is -1.51. The molecule has 0 radical (unpaired) electrons. The quantitative estimate of drug-likeness (QED) is 0.762. The Labute approximate surface area is 103 Å². The van der Waals surface area contributed by atoms with Crippen LogP contribution in [0.25, 0.3) is 0 Å². The van der Waals surface area contributed by atoms with E-state index >= 15 is 0 Å². The van der Waals surface area contributed by atoms with E-state index in [0.29, 0.717) is 12.5 Å². The molecule has 1 aromatic rings. The second-order valence-electron chi connectivity index (χ2n) is 4.53. The van der Waals surface area contributed by atoms with Gasteiger partial charge in [0.1, 0.15) is 0 Å². The van der Waals surface area contributed by atoms with Crippen LogP contribution in [0.4, 0.5) is 5.69 Å². The van der Waals surface area contributed by atoms with Gasteiger partial charge in [-0.1, -0.05) is 31.9 Å². The predicted molar refractivity (Wildman–Crippen MR) is 72.0 cm³/mol. The number of carbonyl (C=O) groups is 1. The maximum Gasteiger partial charge on any atom is 0.221 e. The van der Waals surface area contributed by atoms with Crippen LogP contribution in [0.1, 0.15) is 38.7 Å². The molecule has 0 spiro atoms. The van der Waals surface area contributed by atoms with Crippen molar-refractivity contribution in [1.82, 2.24) is 0 Å². The summed E-state index contributed by atoms with van der Waals surface area (Å²) in [5.41, 5.74) is 7.20. The summed E-state index contributed by atoms with van der Waals surface area (Å²) in [4.78, 5) is 10.8. The van der Waals surface area contributed by atoms with Crippen molar-refractivity contribution in [2.75, 3.05) is 5.32 Å². The standard InChI is InChI=1S/C14H22N2O/c1-3-4-5-11(2)16-13-8-6-12(7-9-13)10-14(15)17/h6-9,11,16H,3-5,10H2,1-2H3,(H2,15,17). The summed E-state index contributed by atoms with van der Waals surface area (Å²) in [6.45, 7) is 4.39. The van der Waals surface area contributed by atoms with Crippen molar-refractivity contribution in [2.45, 2.75) is 45.6 Å². The molecule has 0 aliphatic carbocycles. The predicted octanol–water partition coefficient (Wildman–Crippen LogP) is 2.71. The van der Waals surface area contributed by atoms with Gasteiger partial charge in [0.15, 0.2) is 0 Å². The van der Waals surface area contributed by atoms with Crippen molar-refractivity contribution < 1.29 is 4.79 Å². The van der Waals surface area contributed by atoms with Crippen LogP contribution in [0.5, 0.6) is 0 Å². The maximum atomic E-state index is 10.8. The molecule has 3 nitrogen and oxygen atoms in total. The van der Waals surface area contributed by atoms with E-state index in [4.69, 9.17) is 5.73 Å². The average Bonchev–Trinajstić information content (AvgIpc) is 2.28. The van der Waals surface area contributed by atoms with Crippen molar-refractivity contribution in [1.29, 1.82) is 0 Å². The number of nitrogens with two attached hydrogens (primary N) is 1. The fraction of sp³-hybridized carbons (Fsp3) is 0.500. The van der Waals surface area contributed by atoms with Crippen LogP contribution in [-0.4, -0.2) is 11.9 Å². The average molecular weight is 234 g/mol. The number of carbonyl (C=O) groups excluding carboxylic acids is 1. The maximum absolute atomic E-state index is 10.8. The van der Waals surface area contributed by atoms with E-state index in [1.807, 2.05) is 24.3 Å². The number of nitrogens with one attached hydrogen (secondary N) is 1. The molecule has 0 heterocycles. The van der Waals surface area contributed by atoms with Crippen LogP contribution in [0.15, 0.2) is 24.3 Å². The van der Waals surface area contributed by atoms with Gasteiger partial charge in [0.25, 0.3) is 0 Å². The summed E-state index contributed by atoms with van der Waals surface area (Å²) in [6, 6.07) is 8.37. The fourth-order valence-electron chi connectivity index (χ4n) is 1.79. The Morgan fingerprint density at radius 3 is 2.53 bits per heavy atom. The second-order valence-corrected chi connectivity index (χ2v) is 4.53. The number of unbranched alkanes of at least 4 members (excludes halogenated alkanes) is 1. The highest BCUT2D eigenvalue weighted by molar-refractivity contribution is 5.76. The van der Waals surface area contributed by atoms with Crippen LogP contribution in [0.3, 0.4) is 0 Å². The van der Waals surface area contributed by atoms with Gasteiger partial charge in [0.2, 0.25) is 5.91 Å². The minimum atomic E-state index is -0.290. The molecule has 0 aliphatic rings. The molecule has 94 valence electrons. The summed E-state index contributed by atoms with van der Waals surface area (Å²) in [5, 5.41) is 3.44. The number of rotatable bonds is 7. The van der Waals surface area contributed by atoms with E-state index in [-0.39, 0.29) is 5.91 Å². The third kappa shape index (κ3) is 5.38. The van der Waals surface area contributed by atoms with Crippen LogP contribution in [-0.2, 0) is 11.2 Å². The largest absolute Gasteiger partial charge is 0.383 e. The zero-order valence-electron chi connectivity index (χ0n) is 10.7. The first-order valence-corrected chi connectivity index (χ1v) is 6.25. The third-order valence-corrected chi connectivity index (χ3v) is 2.74. The highest BCUT2D eigenvalue weighted by Gasteiger charge is 2.02. The molecule has 0 fully saturated rings. The first-order valence-electron chi connectivity index (χ1n) is 6.25. The molecule has 17 heavy (non-hydrogen) atoms. The van der Waals surface area contributed by atoms with Gasteiger partial charge in [-0.2, -0.15) is 0 Å². The van der Waals surface area contributed by atoms with Crippen molar-refractivity contribution >= 4 is 11.6 Å². The smallest absolute Gasteiger partial charge is 0.221 e. The molecule has 0 saturated carbocycles. The van der Waals surface area contributed by atoms with Gasteiger partial charge in [-0.3, -0.25) is 4.79 Å². The Kier molecular flexibility index (Phi) is 5.53. The molecule has 0 aromatic heterocycles. The third-order valence-electron chi connectivity index (χ3n) is 2.74. The summed E-state index contributed by atoms with van der Waals surface area (Å²) in [5.74, 6) is -0.290. The van der Waals surface area contributed by atoms with E-state index < -0.39 is 0 Å². The van der Waals surface area contributed by atoms with Crippen molar-refractivity contribution in [3.8, 4) is 0 Å². The van der Waals surface area contributed by atoms with E-state index in [2.05, 4.69) is 19.2 Å². The summed E-state index contributed by atoms with van der Waals surface area (Å²) in [6.07, 6.45) is 3.96. The molecule has 1 amide bonds. The van der Waals surface area contributed by atoms with E-state index in [9.17, 15) is 4.79 Å². The molecule has 3 N–H and O–H groups in total. The molecule has 0 bridgehead atoms. The van der Waals surface area contributed by atoms with Gasteiger partial charge < -0.3 is 11.1 Å². The molecule has 0 aliphatic heterocycles. The topological polar surface area (TPSA) is 55.1 Å². The molecule has 1 rings (SSSR count). The highest BCUT2D eigenvalue weighted by Crippen LogP contribution is 2.13. The van der Waals surface area contributed by atoms with Crippen LogP contribution < -0.4 is 11.1 Å². The lowest BCUT2D eigenvalue weighted by molar-refractivity contribution is -0.117. The lowest BCUT2D eigenvalue weighted by atomic mass is 10.1. The van der Waals surface area contributed by atoms with Crippen LogP contribution in [0.2, 0.25) is 0 Å². The van der Waals surface area contributed by atoms with Crippen molar-refractivity contribution in [3.63, 3.8) is 0 Å². The molecule has 3 heteroatoms. The van der Waals surface area contributed by atoms with Gasteiger partial charge in [-0.25, -0.2) is 0 Å². The van der Waals surface area contributed by atoms with Gasteiger partial charge in [-0.05, 0) is 31.0 Å². The highest BCUT2D eigenvalue weighted by atomic mass is 16.1. The van der Waals surface area contributed by atoms with E-state index in [0.717, 1.165) is 11.3 Å². The fourth-order valence-corrected chi connectivity index (χ4v) is 1.79. The number of anilines is 1. The van der Waals surface area contributed by atoms with Gasteiger partial charge in [-0.15, -0.1) is 0 Å². The second kappa shape index (κ2) is 6.94. The van der Waals surface area contributed by atoms with Crippen LogP contribution in [0, 0.1) is 0 Å². The minimum absolute atomic E-state index is 0.290. The Bertz CT molecular complexity index is 346. The number of benzene rings is 1. The monoisotopic (exact) mass is 234 g/mol. The SMILES string of the molecule is CCCCC(C)Nc1ccc(CC(N)=O)cc1. The normalized spacial score (nSPS) is 12.1. The van der Waals surface area contributed by atoms with Gasteiger partial charge in [0, 0.05) is 11.7 Å². The molecule has 1 unspecified atom stereocenters. The zero-order chi connectivity index (χ0) is 12.7. The summed E-state index contributed by atoms with van der Waals surface area (Å²) in [7, 11) is 0. The summed E-state index contributed by atoms with van der Waals surface area (Å²) >= 11 is 0. The van der Waals surface area contributed by atoms with Crippen molar-refractivity contribution in [3.05, 3.63) is 29.8 Å². The number of hydrogen-bond acceptors (Lipinski definition) is 2. The van der Waals surface area contributed by atoms with Gasteiger partial charge in [0.05, 0.1) is 6.42 Å². The lowest BCUT2D eigenvalue weighted by Crippen LogP contribution is -2.15. The molecular weight excluding hydrogens is 212 g/mol. The molecule has 1 atom stereocenters. The molecular formula is C14H22N2O. The Morgan fingerprint density at radius 2 is 2.00 bits per heavy atom. The lowest BCUT2D eigenvalue weighted by Gasteiger charge is -2.15. The van der Waals surface area contributed by atoms with Gasteiger partial charge >= 0.3 is 0 Å². The number of hydrogen-bond donors (Lipinski definition) is 2. The van der Waals surface area contributed by atoms with Crippen LogP contribution >= 0.6 is 0 Å². The minimum Gasteiger partial charge on any atom is -0.383 e. The zero-order valence-corrected chi connectivity index (χ0v) is 10.7. The number of primary amides is 1. The number of amides is 1. The first-order chi connectivity index (χ1) is 8.11. The Morgan fingerprint density at radius 1 is 1.35 bits per heavy atom. The van der Waals surface area contributed by atoms with Crippen molar-refractivity contribution in [2.24, 2.45) is 5.73 Å². The van der Waals surface area contributed by atoms with E-state index in [1.165, 1.54) is 19.3 Å². The molecule has 0 saturated heterocycles. The Balaban J connectivity index is 2.47. The molecule has 1 aromatic carbocycles.